The van der Waals surface area contributed by atoms with E-state index in [1.54, 1.807) is 0 Å². The molecule has 1 aromatic carbocycles. The average Bonchev–Trinajstić information content (AvgIpc) is 2.71. The maximum atomic E-state index is 9.19. The number of benzene rings is 1. The Labute approximate surface area is 129 Å². The minimum Gasteiger partial charge on any atom is -0.490 e. The molecule has 0 amide bonds. The number of hydrogen-bond donors (Lipinski definition) is 2. The van der Waals surface area contributed by atoms with Crippen LogP contribution in [0.2, 0.25) is 0 Å². The minimum atomic E-state index is -0.309. The summed E-state index contributed by atoms with van der Waals surface area (Å²) in [4.78, 5) is 4.30. The van der Waals surface area contributed by atoms with Crippen LogP contribution < -0.4 is 20.5 Å². The summed E-state index contributed by atoms with van der Waals surface area (Å²) in [6, 6.07) is 7.94. The number of hydrogen-bond acceptors (Lipinski definition) is 4. The molecule has 1 saturated carbocycles. The quantitative estimate of drug-likeness (QED) is 0.660. The molecule has 1 aromatic rings. The van der Waals surface area contributed by atoms with Crippen molar-refractivity contribution in [2.45, 2.75) is 25.7 Å². The first-order valence-electron chi connectivity index (χ1n) is 7.59. The summed E-state index contributed by atoms with van der Waals surface area (Å²) in [7, 11) is 0. The van der Waals surface area contributed by atoms with Crippen molar-refractivity contribution in [3.8, 4) is 17.6 Å². The van der Waals surface area contributed by atoms with Crippen LogP contribution in [0.1, 0.15) is 25.7 Å². The minimum absolute atomic E-state index is 0.309. The van der Waals surface area contributed by atoms with Crippen molar-refractivity contribution in [1.29, 1.82) is 5.26 Å². The van der Waals surface area contributed by atoms with Crippen molar-refractivity contribution < 1.29 is 9.47 Å². The van der Waals surface area contributed by atoms with Crippen molar-refractivity contribution in [3.05, 3.63) is 18.2 Å². The lowest BCUT2D eigenvalue weighted by Crippen LogP contribution is -2.33. The highest BCUT2D eigenvalue weighted by molar-refractivity contribution is 5.92. The van der Waals surface area contributed by atoms with Gasteiger partial charge in [0, 0.05) is 18.2 Å². The Morgan fingerprint density at radius 3 is 2.73 bits per heavy atom. The lowest BCUT2D eigenvalue weighted by Gasteiger charge is -2.33. The molecule has 0 spiro atoms. The van der Waals surface area contributed by atoms with Gasteiger partial charge >= 0.3 is 0 Å². The molecule has 0 unspecified atom stereocenters. The van der Waals surface area contributed by atoms with Crippen molar-refractivity contribution in [3.63, 3.8) is 0 Å². The summed E-state index contributed by atoms with van der Waals surface area (Å²) >= 11 is 0. The van der Waals surface area contributed by atoms with E-state index in [0.717, 1.165) is 37.1 Å². The fraction of sp³-hybridized carbons (Fsp3) is 0.500. The molecule has 6 heteroatoms. The van der Waals surface area contributed by atoms with E-state index in [4.69, 9.17) is 15.2 Å². The predicted molar refractivity (Wildman–Crippen MR) is 84.1 cm³/mol. The molecule has 3 rings (SSSR count). The first-order valence-corrected chi connectivity index (χ1v) is 7.59. The first-order chi connectivity index (χ1) is 10.7. The van der Waals surface area contributed by atoms with Crippen LogP contribution in [0.25, 0.3) is 0 Å². The molecule has 3 N–H and O–H groups in total. The Balaban J connectivity index is 1.65. The van der Waals surface area contributed by atoms with E-state index in [0.29, 0.717) is 31.5 Å². The van der Waals surface area contributed by atoms with Gasteiger partial charge in [-0.15, -0.1) is 0 Å². The third kappa shape index (κ3) is 3.08. The second kappa shape index (κ2) is 6.14. The summed E-state index contributed by atoms with van der Waals surface area (Å²) in [5, 5.41) is 12.2. The molecular weight excluding hydrogens is 280 g/mol. The molecular formula is C16H20N4O2. The Morgan fingerprint density at radius 1 is 1.27 bits per heavy atom. The van der Waals surface area contributed by atoms with Gasteiger partial charge in [-0.05, 0) is 25.0 Å². The van der Waals surface area contributed by atoms with E-state index < -0.39 is 0 Å². The van der Waals surface area contributed by atoms with Crippen LogP contribution in [0.4, 0.5) is 5.69 Å². The Bertz CT molecular complexity index is 617. The number of nitrogens with two attached hydrogens (primary N) is 1. The zero-order chi connectivity index (χ0) is 15.4. The Morgan fingerprint density at radius 2 is 2.05 bits per heavy atom. The van der Waals surface area contributed by atoms with Crippen LogP contribution in [0, 0.1) is 16.7 Å². The van der Waals surface area contributed by atoms with E-state index in [9.17, 15) is 5.26 Å². The SMILES string of the molecule is N#CC1(CN=C(N)Nc2ccc3c(c2)OCCCO3)CCC1. The zero-order valence-corrected chi connectivity index (χ0v) is 12.5. The maximum Gasteiger partial charge on any atom is 0.193 e. The van der Waals surface area contributed by atoms with Crippen LogP contribution in [-0.2, 0) is 0 Å². The monoisotopic (exact) mass is 300 g/mol. The second-order valence-corrected chi connectivity index (χ2v) is 5.78. The van der Waals surface area contributed by atoms with Gasteiger partial charge in [0.25, 0.3) is 0 Å². The molecule has 1 aliphatic heterocycles. The van der Waals surface area contributed by atoms with Gasteiger partial charge in [-0.25, -0.2) is 0 Å². The molecule has 1 fully saturated rings. The molecule has 0 atom stereocenters. The van der Waals surface area contributed by atoms with Crippen molar-refractivity contribution >= 4 is 11.6 Å². The number of aliphatic imine (C=N–C) groups is 1. The summed E-state index contributed by atoms with van der Waals surface area (Å²) in [5.74, 6) is 1.77. The van der Waals surface area contributed by atoms with Gasteiger partial charge < -0.3 is 20.5 Å². The summed E-state index contributed by atoms with van der Waals surface area (Å²) in [6.07, 6.45) is 3.78. The number of fused-ring (bicyclic) bond motifs is 1. The van der Waals surface area contributed by atoms with E-state index >= 15 is 0 Å². The molecule has 0 bridgehead atoms. The van der Waals surface area contributed by atoms with Crippen molar-refractivity contribution in [1.82, 2.24) is 0 Å². The molecule has 116 valence electrons. The van der Waals surface area contributed by atoms with Crippen LogP contribution >= 0.6 is 0 Å². The standard InChI is InChI=1S/C16H20N4O2/c17-10-16(5-1-6-16)11-19-15(18)20-12-3-4-13-14(9-12)22-8-2-7-21-13/h3-4,9H,1-2,5-8,11H2,(H3,18,19,20). The zero-order valence-electron chi connectivity index (χ0n) is 12.5. The van der Waals surface area contributed by atoms with E-state index in [2.05, 4.69) is 16.4 Å². The number of nitrogens with one attached hydrogen (secondary N) is 1. The number of nitriles is 1. The van der Waals surface area contributed by atoms with Gasteiger partial charge in [-0.2, -0.15) is 5.26 Å². The van der Waals surface area contributed by atoms with Gasteiger partial charge in [-0.1, -0.05) is 6.42 Å². The largest absolute Gasteiger partial charge is 0.490 e. The number of ether oxygens (including phenoxy) is 2. The van der Waals surface area contributed by atoms with Gasteiger partial charge in [-0.3, -0.25) is 4.99 Å². The van der Waals surface area contributed by atoms with Crippen LogP contribution in [0.15, 0.2) is 23.2 Å². The molecule has 6 nitrogen and oxygen atoms in total. The fourth-order valence-corrected chi connectivity index (χ4v) is 2.57. The van der Waals surface area contributed by atoms with E-state index in [-0.39, 0.29) is 5.41 Å². The lowest BCUT2D eigenvalue weighted by atomic mass is 9.70. The number of nitrogens with zero attached hydrogens (tertiary/aromatic N) is 2. The van der Waals surface area contributed by atoms with Gasteiger partial charge in [0.05, 0.1) is 31.2 Å². The Hall–Kier alpha value is -2.42. The van der Waals surface area contributed by atoms with Crippen LogP contribution in [-0.4, -0.2) is 25.7 Å². The van der Waals surface area contributed by atoms with Crippen molar-refractivity contribution in [2.75, 3.05) is 25.1 Å². The summed E-state index contributed by atoms with van der Waals surface area (Å²) in [6.45, 7) is 1.76. The smallest absolute Gasteiger partial charge is 0.193 e. The van der Waals surface area contributed by atoms with Gasteiger partial charge in [0.15, 0.2) is 17.5 Å². The highest BCUT2D eigenvalue weighted by atomic mass is 16.5. The van der Waals surface area contributed by atoms with Crippen LogP contribution in [0.5, 0.6) is 11.5 Å². The van der Waals surface area contributed by atoms with Gasteiger partial charge in [0.2, 0.25) is 0 Å². The highest BCUT2D eigenvalue weighted by Gasteiger charge is 2.36. The number of anilines is 1. The average molecular weight is 300 g/mol. The number of guanidine groups is 1. The van der Waals surface area contributed by atoms with E-state index in [1.807, 2.05) is 18.2 Å². The predicted octanol–water partition coefficient (Wildman–Crippen LogP) is 2.27. The molecule has 1 aliphatic carbocycles. The first kappa shape index (κ1) is 14.5. The maximum absolute atomic E-state index is 9.19. The summed E-state index contributed by atoms with van der Waals surface area (Å²) in [5.41, 5.74) is 6.40. The molecule has 0 aromatic heterocycles. The molecule has 2 aliphatic rings. The van der Waals surface area contributed by atoms with E-state index in [1.165, 1.54) is 0 Å². The number of rotatable bonds is 3. The fourth-order valence-electron chi connectivity index (χ4n) is 2.57. The highest BCUT2D eigenvalue weighted by Crippen LogP contribution is 2.40. The molecule has 22 heavy (non-hydrogen) atoms. The lowest BCUT2D eigenvalue weighted by molar-refractivity contribution is 0.226. The van der Waals surface area contributed by atoms with Gasteiger partial charge in [0.1, 0.15) is 0 Å². The molecule has 1 heterocycles. The third-order valence-corrected chi connectivity index (χ3v) is 4.12. The van der Waals surface area contributed by atoms with Crippen LogP contribution in [0.3, 0.4) is 0 Å². The molecule has 0 radical (unpaired) electrons. The third-order valence-electron chi connectivity index (χ3n) is 4.12. The molecule has 0 saturated heterocycles. The Kier molecular flexibility index (Phi) is 4.05. The van der Waals surface area contributed by atoms with Crippen molar-refractivity contribution in [2.24, 2.45) is 16.1 Å². The normalized spacial score (nSPS) is 19.5. The summed E-state index contributed by atoms with van der Waals surface area (Å²) < 4.78 is 11.2. The second-order valence-electron chi connectivity index (χ2n) is 5.78. The topological polar surface area (TPSA) is 92.7 Å².